The van der Waals surface area contributed by atoms with Crippen molar-refractivity contribution in [3.63, 3.8) is 0 Å². The Bertz CT molecular complexity index is 379. The maximum absolute atomic E-state index is 12.1. The average Bonchev–Trinajstić information content (AvgIpc) is 2.28. The Hall–Kier alpha value is -0.660. The molecule has 0 spiro atoms. The fourth-order valence-electron chi connectivity index (χ4n) is 1.99. The van der Waals surface area contributed by atoms with Gasteiger partial charge < -0.3 is 9.84 Å². The standard InChI is InChI=1S/C11H21NO5S/c1-9(2)17-7-8-18(15,16)12-6-4-3-5-10(12)11(13)14/h9-10H,3-8H2,1-2H3,(H,13,14)/t10-/m1/s1. The molecule has 1 aliphatic heterocycles. The Morgan fingerprint density at radius 1 is 1.44 bits per heavy atom. The summed E-state index contributed by atoms with van der Waals surface area (Å²) in [6, 6.07) is -0.914. The molecule has 1 rings (SSSR count). The van der Waals surface area contributed by atoms with Crippen molar-refractivity contribution >= 4 is 16.0 Å². The van der Waals surface area contributed by atoms with Crippen molar-refractivity contribution in [2.45, 2.75) is 45.3 Å². The van der Waals surface area contributed by atoms with Gasteiger partial charge in [0, 0.05) is 6.54 Å². The van der Waals surface area contributed by atoms with Crippen LogP contribution < -0.4 is 0 Å². The molecule has 1 N–H and O–H groups in total. The second-order valence-electron chi connectivity index (χ2n) is 4.70. The van der Waals surface area contributed by atoms with E-state index in [2.05, 4.69) is 0 Å². The van der Waals surface area contributed by atoms with Crippen LogP contribution in [0.15, 0.2) is 0 Å². The van der Waals surface area contributed by atoms with Gasteiger partial charge in [0.25, 0.3) is 0 Å². The minimum Gasteiger partial charge on any atom is -0.480 e. The zero-order chi connectivity index (χ0) is 13.8. The molecule has 0 radical (unpaired) electrons. The lowest BCUT2D eigenvalue weighted by Gasteiger charge is -2.31. The maximum Gasteiger partial charge on any atom is 0.322 e. The first-order valence-corrected chi connectivity index (χ1v) is 7.79. The smallest absolute Gasteiger partial charge is 0.322 e. The Labute approximate surface area is 108 Å². The number of ether oxygens (including phenoxy) is 1. The molecule has 1 aliphatic rings. The van der Waals surface area contributed by atoms with Gasteiger partial charge >= 0.3 is 5.97 Å². The number of nitrogens with zero attached hydrogens (tertiary/aromatic N) is 1. The molecule has 1 heterocycles. The number of hydrogen-bond donors (Lipinski definition) is 1. The predicted molar refractivity (Wildman–Crippen MR) is 66.9 cm³/mol. The SMILES string of the molecule is CC(C)OCCS(=O)(=O)N1CCCC[C@@H]1C(=O)O. The number of carboxylic acid groups (broad SMARTS) is 1. The van der Waals surface area contributed by atoms with Crippen molar-refractivity contribution < 1.29 is 23.1 Å². The van der Waals surface area contributed by atoms with Crippen LogP contribution in [0.5, 0.6) is 0 Å². The van der Waals surface area contributed by atoms with E-state index in [1.807, 2.05) is 13.8 Å². The van der Waals surface area contributed by atoms with Gasteiger partial charge in [-0.3, -0.25) is 4.79 Å². The van der Waals surface area contributed by atoms with Crippen molar-refractivity contribution in [1.82, 2.24) is 4.31 Å². The highest BCUT2D eigenvalue weighted by Gasteiger charge is 2.36. The van der Waals surface area contributed by atoms with Crippen molar-refractivity contribution in [3.05, 3.63) is 0 Å². The van der Waals surface area contributed by atoms with Crippen LogP contribution in [-0.4, -0.2) is 54.8 Å². The lowest BCUT2D eigenvalue weighted by Crippen LogP contribution is -2.49. The van der Waals surface area contributed by atoms with Crippen molar-refractivity contribution in [3.8, 4) is 0 Å². The van der Waals surface area contributed by atoms with Crippen LogP contribution in [-0.2, 0) is 19.6 Å². The first kappa shape index (κ1) is 15.4. The van der Waals surface area contributed by atoms with E-state index in [1.165, 1.54) is 0 Å². The third-order valence-corrected chi connectivity index (χ3v) is 4.72. The van der Waals surface area contributed by atoms with Gasteiger partial charge in [-0.2, -0.15) is 4.31 Å². The summed E-state index contributed by atoms with van der Waals surface area (Å²) in [6.07, 6.45) is 1.83. The van der Waals surface area contributed by atoms with E-state index in [-0.39, 0.29) is 18.5 Å². The molecular weight excluding hydrogens is 258 g/mol. The van der Waals surface area contributed by atoms with E-state index in [0.29, 0.717) is 19.4 Å². The van der Waals surface area contributed by atoms with Crippen LogP contribution in [0.4, 0.5) is 0 Å². The quantitative estimate of drug-likeness (QED) is 0.773. The molecule has 0 aliphatic carbocycles. The highest BCUT2D eigenvalue weighted by Crippen LogP contribution is 2.21. The number of rotatable bonds is 6. The number of sulfonamides is 1. The minimum absolute atomic E-state index is 0.0307. The normalized spacial score (nSPS) is 22.3. The van der Waals surface area contributed by atoms with Gasteiger partial charge in [0.15, 0.2) is 0 Å². The van der Waals surface area contributed by atoms with E-state index in [9.17, 15) is 13.2 Å². The van der Waals surface area contributed by atoms with Gasteiger partial charge in [-0.05, 0) is 33.1 Å². The highest BCUT2D eigenvalue weighted by molar-refractivity contribution is 7.89. The molecule has 0 aromatic carbocycles. The molecule has 0 unspecified atom stereocenters. The summed E-state index contributed by atoms with van der Waals surface area (Å²) < 4.78 is 30.5. The summed E-state index contributed by atoms with van der Waals surface area (Å²) in [7, 11) is -3.55. The third-order valence-electron chi connectivity index (χ3n) is 2.89. The number of aliphatic carboxylic acids is 1. The molecule has 1 saturated heterocycles. The first-order chi connectivity index (χ1) is 8.34. The van der Waals surface area contributed by atoms with E-state index in [0.717, 1.165) is 10.7 Å². The molecule has 0 aromatic rings. The van der Waals surface area contributed by atoms with Gasteiger partial charge in [-0.15, -0.1) is 0 Å². The molecule has 0 aromatic heterocycles. The number of piperidine rings is 1. The summed E-state index contributed by atoms with van der Waals surface area (Å²) in [4.78, 5) is 11.1. The van der Waals surface area contributed by atoms with Gasteiger partial charge in [0.2, 0.25) is 10.0 Å². The molecule has 0 saturated carbocycles. The van der Waals surface area contributed by atoms with Crippen LogP contribution in [0.2, 0.25) is 0 Å². The average molecular weight is 279 g/mol. The zero-order valence-corrected chi connectivity index (χ0v) is 11.6. The molecule has 7 heteroatoms. The summed E-state index contributed by atoms with van der Waals surface area (Å²) in [6.45, 7) is 4.05. The number of carboxylic acids is 1. The second kappa shape index (κ2) is 6.49. The lowest BCUT2D eigenvalue weighted by atomic mass is 10.1. The van der Waals surface area contributed by atoms with E-state index >= 15 is 0 Å². The van der Waals surface area contributed by atoms with Crippen LogP contribution in [0.1, 0.15) is 33.1 Å². The molecule has 106 valence electrons. The Morgan fingerprint density at radius 3 is 2.67 bits per heavy atom. The molecular formula is C11H21NO5S. The van der Waals surface area contributed by atoms with Crippen LogP contribution in [0, 0.1) is 0 Å². The summed E-state index contributed by atoms with van der Waals surface area (Å²) >= 11 is 0. The number of carbonyl (C=O) groups is 1. The number of hydrogen-bond acceptors (Lipinski definition) is 4. The lowest BCUT2D eigenvalue weighted by molar-refractivity contribution is -0.142. The Balaban J connectivity index is 2.66. The minimum atomic E-state index is -3.55. The second-order valence-corrected chi connectivity index (χ2v) is 6.74. The Morgan fingerprint density at radius 2 is 2.11 bits per heavy atom. The van der Waals surface area contributed by atoms with E-state index in [1.54, 1.807) is 0 Å². The molecule has 0 amide bonds. The fraction of sp³-hybridized carbons (Fsp3) is 0.909. The maximum atomic E-state index is 12.1. The highest BCUT2D eigenvalue weighted by atomic mass is 32.2. The summed E-state index contributed by atoms with van der Waals surface area (Å²) in [5.41, 5.74) is 0. The van der Waals surface area contributed by atoms with Crippen LogP contribution in [0.25, 0.3) is 0 Å². The summed E-state index contributed by atoms with van der Waals surface area (Å²) in [5.74, 6) is -1.22. The predicted octanol–water partition coefficient (Wildman–Crippen LogP) is 0.680. The topological polar surface area (TPSA) is 83.9 Å². The fourth-order valence-corrected chi connectivity index (χ4v) is 3.52. The van der Waals surface area contributed by atoms with Crippen LogP contribution >= 0.6 is 0 Å². The van der Waals surface area contributed by atoms with Crippen LogP contribution in [0.3, 0.4) is 0 Å². The largest absolute Gasteiger partial charge is 0.480 e. The molecule has 6 nitrogen and oxygen atoms in total. The van der Waals surface area contributed by atoms with Gasteiger partial charge in [-0.25, -0.2) is 8.42 Å². The molecule has 1 atom stereocenters. The first-order valence-electron chi connectivity index (χ1n) is 6.18. The van der Waals surface area contributed by atoms with E-state index < -0.39 is 22.0 Å². The van der Waals surface area contributed by atoms with Crippen molar-refractivity contribution in [2.75, 3.05) is 18.9 Å². The Kier molecular flexibility index (Phi) is 5.55. The zero-order valence-electron chi connectivity index (χ0n) is 10.8. The van der Waals surface area contributed by atoms with Crippen molar-refractivity contribution in [1.29, 1.82) is 0 Å². The summed E-state index contributed by atoms with van der Waals surface area (Å²) in [5, 5.41) is 9.05. The van der Waals surface area contributed by atoms with Gasteiger partial charge in [0.05, 0.1) is 18.5 Å². The monoisotopic (exact) mass is 279 g/mol. The van der Waals surface area contributed by atoms with Crippen molar-refractivity contribution in [2.24, 2.45) is 0 Å². The van der Waals surface area contributed by atoms with E-state index in [4.69, 9.17) is 9.84 Å². The van der Waals surface area contributed by atoms with Gasteiger partial charge in [-0.1, -0.05) is 0 Å². The molecule has 0 bridgehead atoms. The third kappa shape index (κ3) is 4.22. The van der Waals surface area contributed by atoms with Gasteiger partial charge in [0.1, 0.15) is 6.04 Å². The molecule has 18 heavy (non-hydrogen) atoms. The molecule has 1 fully saturated rings.